The van der Waals surface area contributed by atoms with Crippen LogP contribution in [0.3, 0.4) is 0 Å². The molecular formula is C34H52O9. The minimum Gasteiger partial charge on any atom is -0.493 e. The number of carbonyl (C=O) groups is 1. The summed E-state index contributed by atoms with van der Waals surface area (Å²) in [6, 6.07) is 0. The summed E-state index contributed by atoms with van der Waals surface area (Å²) in [5, 5.41) is 32.7. The molecule has 0 amide bonds. The number of carbonyl (C=O) groups excluding carboxylic acids is 1. The average Bonchev–Trinajstić information content (AvgIpc) is 3.25. The Morgan fingerprint density at radius 1 is 1.05 bits per heavy atom. The second-order valence-electron chi connectivity index (χ2n) is 14.8. The van der Waals surface area contributed by atoms with Gasteiger partial charge in [0.15, 0.2) is 12.0 Å². The molecule has 3 saturated carbocycles. The molecule has 2 aliphatic heterocycles. The lowest BCUT2D eigenvalue weighted by Crippen LogP contribution is -2.59. The number of hydrogen-bond acceptors (Lipinski definition) is 9. The van der Waals surface area contributed by atoms with E-state index in [1.165, 1.54) is 12.7 Å². The second-order valence-corrected chi connectivity index (χ2v) is 14.8. The Balaban J connectivity index is 1.14. The van der Waals surface area contributed by atoms with E-state index in [0.29, 0.717) is 29.9 Å². The highest BCUT2D eigenvalue weighted by Crippen LogP contribution is 2.68. The summed E-state index contributed by atoms with van der Waals surface area (Å²) in [7, 11) is 1.51. The Morgan fingerprint density at radius 2 is 1.79 bits per heavy atom. The van der Waals surface area contributed by atoms with Crippen LogP contribution in [-0.4, -0.2) is 83.0 Å². The van der Waals surface area contributed by atoms with Crippen molar-refractivity contribution in [3.8, 4) is 0 Å². The highest BCUT2D eigenvalue weighted by Gasteiger charge is 2.65. The molecule has 4 fully saturated rings. The predicted molar refractivity (Wildman–Crippen MR) is 157 cm³/mol. The van der Waals surface area contributed by atoms with Gasteiger partial charge < -0.3 is 39.0 Å². The molecule has 6 aliphatic rings. The van der Waals surface area contributed by atoms with Crippen LogP contribution in [0.4, 0.5) is 0 Å². The topological polar surface area (TPSA) is 124 Å². The Hall–Kier alpha value is -1.33. The van der Waals surface area contributed by atoms with E-state index in [2.05, 4.69) is 19.9 Å². The van der Waals surface area contributed by atoms with Gasteiger partial charge in [0.25, 0.3) is 5.78 Å². The van der Waals surface area contributed by atoms with Crippen molar-refractivity contribution in [2.45, 2.75) is 147 Å². The van der Waals surface area contributed by atoms with Crippen molar-refractivity contribution >= 4 is 5.78 Å². The number of Topliss-reactive ketones (excluding diaryl/α,β-unsaturated/α-hetero) is 1. The van der Waals surface area contributed by atoms with Crippen molar-refractivity contribution in [1.82, 2.24) is 0 Å². The van der Waals surface area contributed by atoms with Crippen molar-refractivity contribution in [3.63, 3.8) is 0 Å². The van der Waals surface area contributed by atoms with Crippen molar-refractivity contribution in [2.24, 2.45) is 28.6 Å². The van der Waals surface area contributed by atoms with Gasteiger partial charge in [0.05, 0.1) is 43.2 Å². The Bertz CT molecular complexity index is 1120. The maximum atomic E-state index is 12.8. The van der Waals surface area contributed by atoms with Gasteiger partial charge in [-0.05, 0) is 101 Å². The number of rotatable bonds is 6. The maximum absolute atomic E-state index is 12.8. The van der Waals surface area contributed by atoms with E-state index in [1.54, 1.807) is 13.0 Å². The summed E-state index contributed by atoms with van der Waals surface area (Å²) in [5.41, 5.74) is 0.252. The zero-order valence-electron chi connectivity index (χ0n) is 26.7. The van der Waals surface area contributed by atoms with Gasteiger partial charge in [-0.3, -0.25) is 4.79 Å². The minimum atomic E-state index is -0.994. The summed E-state index contributed by atoms with van der Waals surface area (Å²) in [6.07, 6.45) is 6.94. The van der Waals surface area contributed by atoms with Crippen LogP contribution >= 0.6 is 0 Å². The third-order valence-electron chi connectivity index (χ3n) is 12.7. The quantitative estimate of drug-likeness (QED) is 0.383. The van der Waals surface area contributed by atoms with E-state index in [9.17, 15) is 20.1 Å². The van der Waals surface area contributed by atoms with Gasteiger partial charge in [0.2, 0.25) is 6.29 Å². The first-order valence-corrected chi connectivity index (χ1v) is 16.5. The highest BCUT2D eigenvalue weighted by molar-refractivity contribution is 5.96. The third-order valence-corrected chi connectivity index (χ3v) is 12.7. The van der Waals surface area contributed by atoms with Gasteiger partial charge in [0, 0.05) is 11.8 Å². The SMILES string of the molecule is COC1=CC(C)OC(O[C@H]2CC[C@@]3(C)C(=CC[C@@H]4[C@@H]3CC[C@@]3(C)[C@H]4CC[C@]3(O)[C@H](C)O[C@H]3C[C@@H](O)[C@H](O)[C@@H](C)O3)C2)C1=O. The highest BCUT2D eigenvalue weighted by atomic mass is 16.7. The van der Waals surface area contributed by atoms with E-state index in [4.69, 9.17) is 23.7 Å². The molecule has 9 nitrogen and oxygen atoms in total. The van der Waals surface area contributed by atoms with E-state index in [0.717, 1.165) is 44.9 Å². The van der Waals surface area contributed by atoms with Crippen LogP contribution in [0.5, 0.6) is 0 Å². The molecule has 14 atom stereocenters. The molecule has 0 spiro atoms. The van der Waals surface area contributed by atoms with Crippen molar-refractivity contribution in [1.29, 1.82) is 0 Å². The Kier molecular flexibility index (Phi) is 8.45. The monoisotopic (exact) mass is 604 g/mol. The van der Waals surface area contributed by atoms with E-state index in [-0.39, 0.29) is 35.2 Å². The Labute approximate surface area is 255 Å². The number of aliphatic hydroxyl groups is 3. The minimum absolute atomic E-state index is 0.0685. The second kappa shape index (κ2) is 11.5. The first kappa shape index (κ1) is 31.6. The van der Waals surface area contributed by atoms with Crippen LogP contribution in [0, 0.1) is 28.6 Å². The van der Waals surface area contributed by atoms with Crippen LogP contribution in [0.15, 0.2) is 23.5 Å². The van der Waals surface area contributed by atoms with E-state index in [1.807, 2.05) is 13.8 Å². The molecule has 0 radical (unpaired) electrons. The molecule has 6 rings (SSSR count). The van der Waals surface area contributed by atoms with Gasteiger partial charge in [-0.15, -0.1) is 0 Å². The zero-order chi connectivity index (χ0) is 30.9. The zero-order valence-corrected chi connectivity index (χ0v) is 26.7. The summed E-state index contributed by atoms with van der Waals surface area (Å²) < 4.78 is 29.5. The van der Waals surface area contributed by atoms with Crippen LogP contribution < -0.4 is 0 Å². The lowest BCUT2D eigenvalue weighted by Gasteiger charge is -2.59. The van der Waals surface area contributed by atoms with Crippen LogP contribution in [0.2, 0.25) is 0 Å². The molecule has 0 bridgehead atoms. The fraction of sp³-hybridized carbons (Fsp3) is 0.853. The van der Waals surface area contributed by atoms with E-state index < -0.39 is 42.6 Å². The lowest BCUT2D eigenvalue weighted by molar-refractivity contribution is -0.288. The van der Waals surface area contributed by atoms with Crippen LogP contribution in [-0.2, 0) is 28.5 Å². The summed E-state index contributed by atoms with van der Waals surface area (Å²) in [5.74, 6) is 1.48. The van der Waals surface area contributed by atoms with Crippen molar-refractivity contribution < 1.29 is 43.8 Å². The van der Waals surface area contributed by atoms with Gasteiger partial charge in [-0.1, -0.05) is 25.5 Å². The number of fused-ring (bicyclic) bond motifs is 5. The molecule has 1 saturated heterocycles. The number of ether oxygens (including phenoxy) is 5. The standard InChI is InChI=1S/C34H52O9/c1-18-15-27(39-6)30(37)31(40-18)43-22-9-12-32(4)21(16-22)7-8-23-24(32)10-13-33(5)25(23)11-14-34(33,38)20(3)42-28-17-26(35)29(36)19(2)41-28/h7,15,18-20,22-26,28-29,31,35-36,38H,8-14,16-17H2,1-6H3/t18?,19-,20+,22+,23-,24+,25+,26-,28+,29-,31?,32+,33+,34+/m1/s1. The van der Waals surface area contributed by atoms with Crippen molar-refractivity contribution in [2.75, 3.05) is 7.11 Å². The number of hydrogen-bond donors (Lipinski definition) is 3. The first-order chi connectivity index (χ1) is 20.3. The van der Waals surface area contributed by atoms with Gasteiger partial charge >= 0.3 is 0 Å². The molecule has 0 aromatic heterocycles. The number of methoxy groups -OCH3 is 1. The van der Waals surface area contributed by atoms with Gasteiger partial charge in [-0.25, -0.2) is 0 Å². The molecule has 0 aromatic rings. The molecular weight excluding hydrogens is 552 g/mol. The fourth-order valence-corrected chi connectivity index (χ4v) is 10.1. The number of aliphatic hydroxyl groups excluding tert-OH is 2. The molecule has 3 N–H and O–H groups in total. The molecule has 0 aromatic carbocycles. The molecule has 242 valence electrons. The molecule has 4 aliphatic carbocycles. The predicted octanol–water partition coefficient (Wildman–Crippen LogP) is 4.17. The smallest absolute Gasteiger partial charge is 0.252 e. The van der Waals surface area contributed by atoms with E-state index >= 15 is 0 Å². The molecule has 9 heteroatoms. The third kappa shape index (κ3) is 5.15. The Morgan fingerprint density at radius 3 is 2.51 bits per heavy atom. The molecule has 2 unspecified atom stereocenters. The van der Waals surface area contributed by atoms with Crippen molar-refractivity contribution in [3.05, 3.63) is 23.5 Å². The van der Waals surface area contributed by atoms with Gasteiger partial charge in [-0.2, -0.15) is 0 Å². The summed E-state index contributed by atoms with van der Waals surface area (Å²) >= 11 is 0. The summed E-state index contributed by atoms with van der Waals surface area (Å²) in [6.45, 7) is 10.3. The van der Waals surface area contributed by atoms with Crippen LogP contribution in [0.25, 0.3) is 0 Å². The normalized spacial score (nSPS) is 50.6. The first-order valence-electron chi connectivity index (χ1n) is 16.5. The fourth-order valence-electron chi connectivity index (χ4n) is 10.1. The molecule has 2 heterocycles. The largest absolute Gasteiger partial charge is 0.493 e. The van der Waals surface area contributed by atoms with Gasteiger partial charge in [0.1, 0.15) is 6.10 Å². The average molecular weight is 605 g/mol. The molecule has 43 heavy (non-hydrogen) atoms. The number of ketones is 1. The maximum Gasteiger partial charge on any atom is 0.252 e. The van der Waals surface area contributed by atoms with Crippen LogP contribution in [0.1, 0.15) is 92.4 Å². The lowest BCUT2D eigenvalue weighted by atomic mass is 9.46. The number of allylic oxidation sites excluding steroid dienone is 1. The summed E-state index contributed by atoms with van der Waals surface area (Å²) in [4.78, 5) is 12.8.